The summed E-state index contributed by atoms with van der Waals surface area (Å²) in [5.41, 5.74) is 4.28. The van der Waals surface area contributed by atoms with Crippen molar-refractivity contribution in [2.45, 2.75) is 31.9 Å². The van der Waals surface area contributed by atoms with E-state index in [2.05, 4.69) is 50.3 Å². The van der Waals surface area contributed by atoms with Crippen LogP contribution in [-0.2, 0) is 22.5 Å². The lowest BCUT2D eigenvalue weighted by atomic mass is 10.1. The fourth-order valence-electron chi connectivity index (χ4n) is 3.83. The summed E-state index contributed by atoms with van der Waals surface area (Å²) in [5.74, 6) is 0.672. The van der Waals surface area contributed by atoms with Crippen LogP contribution in [0.1, 0.15) is 24.0 Å². The average Bonchev–Trinajstić information content (AvgIpc) is 3.47. The number of carbonyl (C=O) groups excluding carboxylic acids is 1. The van der Waals surface area contributed by atoms with Gasteiger partial charge < -0.3 is 25.7 Å². The third-order valence-electron chi connectivity index (χ3n) is 5.46. The zero-order valence-electron chi connectivity index (χ0n) is 18.2. The Balaban J connectivity index is 0.00000289. The van der Waals surface area contributed by atoms with E-state index in [0.717, 1.165) is 48.5 Å². The minimum absolute atomic E-state index is 0. The number of ether oxygens (including phenoxy) is 1. The zero-order chi connectivity index (χ0) is 21.5. The van der Waals surface area contributed by atoms with Crippen LogP contribution in [0.4, 0.5) is 5.69 Å². The van der Waals surface area contributed by atoms with Gasteiger partial charge in [-0.1, -0.05) is 30.3 Å². The normalized spacial score (nSPS) is 15.9. The van der Waals surface area contributed by atoms with E-state index in [1.807, 2.05) is 30.3 Å². The first-order valence-corrected chi connectivity index (χ1v) is 10.7. The summed E-state index contributed by atoms with van der Waals surface area (Å²) in [5, 5.41) is 10.9. The van der Waals surface area contributed by atoms with Gasteiger partial charge in [0.15, 0.2) is 5.96 Å². The number of hydrogen-bond donors (Lipinski definition) is 4. The van der Waals surface area contributed by atoms with Gasteiger partial charge in [-0.05, 0) is 48.6 Å². The van der Waals surface area contributed by atoms with Crippen molar-refractivity contribution in [3.05, 3.63) is 65.9 Å². The smallest absolute Gasteiger partial charge is 0.253 e. The van der Waals surface area contributed by atoms with Crippen LogP contribution in [0.25, 0.3) is 10.9 Å². The summed E-state index contributed by atoms with van der Waals surface area (Å²) in [6.07, 6.45) is 4.36. The van der Waals surface area contributed by atoms with Gasteiger partial charge in [0.2, 0.25) is 0 Å². The molecular formula is C24H30IN5O2. The van der Waals surface area contributed by atoms with Gasteiger partial charge >= 0.3 is 0 Å². The topological polar surface area (TPSA) is 90.5 Å². The van der Waals surface area contributed by atoms with E-state index in [1.54, 1.807) is 7.05 Å². The number of fused-ring (bicyclic) bond motifs is 1. The molecule has 0 saturated carbocycles. The van der Waals surface area contributed by atoms with Crippen molar-refractivity contribution in [1.29, 1.82) is 0 Å². The van der Waals surface area contributed by atoms with Crippen molar-refractivity contribution < 1.29 is 9.53 Å². The van der Waals surface area contributed by atoms with Crippen molar-refractivity contribution >= 4 is 52.4 Å². The number of nitrogens with zero attached hydrogens (tertiary/aromatic N) is 1. The largest absolute Gasteiger partial charge is 0.368 e. The van der Waals surface area contributed by atoms with Crippen molar-refractivity contribution in [3.8, 4) is 0 Å². The highest BCUT2D eigenvalue weighted by Gasteiger charge is 2.23. The van der Waals surface area contributed by atoms with Gasteiger partial charge in [0.1, 0.15) is 6.10 Å². The predicted molar refractivity (Wildman–Crippen MR) is 140 cm³/mol. The number of guanidine groups is 1. The van der Waals surface area contributed by atoms with Gasteiger partial charge in [0.25, 0.3) is 5.91 Å². The summed E-state index contributed by atoms with van der Waals surface area (Å²) in [6, 6.07) is 16.1. The number of aromatic nitrogens is 1. The number of halogens is 1. The minimum atomic E-state index is -0.332. The second-order valence-corrected chi connectivity index (χ2v) is 7.65. The Hall–Kier alpha value is -2.59. The number of benzene rings is 2. The molecule has 1 saturated heterocycles. The van der Waals surface area contributed by atoms with E-state index in [1.165, 1.54) is 10.9 Å². The van der Waals surface area contributed by atoms with Crippen molar-refractivity contribution in [1.82, 2.24) is 15.6 Å². The van der Waals surface area contributed by atoms with Gasteiger partial charge in [-0.2, -0.15) is 0 Å². The van der Waals surface area contributed by atoms with Crippen molar-refractivity contribution in [3.63, 3.8) is 0 Å². The molecular weight excluding hydrogens is 517 g/mol. The lowest BCUT2D eigenvalue weighted by molar-refractivity contribution is -0.124. The molecule has 1 unspecified atom stereocenters. The Morgan fingerprint density at radius 2 is 2.06 bits per heavy atom. The first kappa shape index (κ1) is 24.1. The quantitative estimate of drug-likeness (QED) is 0.206. The Morgan fingerprint density at radius 3 is 2.88 bits per heavy atom. The molecule has 1 aliphatic heterocycles. The highest BCUT2D eigenvalue weighted by Crippen LogP contribution is 2.18. The Kier molecular flexibility index (Phi) is 8.92. The first-order chi connectivity index (χ1) is 15.2. The molecule has 1 atom stereocenters. The van der Waals surface area contributed by atoms with Crippen LogP contribution < -0.4 is 16.0 Å². The maximum Gasteiger partial charge on any atom is 0.253 e. The maximum absolute atomic E-state index is 12.3. The standard InChI is InChI=1S/C24H29N5O2.HI/c1-25-24(26-12-11-18-16-27-21-9-3-2-8-20(18)21)28-15-17-6-4-7-19(14-17)29-23(30)22-10-5-13-31-22;/h2-4,6-9,14,16,22,27H,5,10-13,15H2,1H3,(H,29,30)(H2,25,26,28);1H. The average molecular weight is 547 g/mol. The molecule has 7 nitrogen and oxygen atoms in total. The second-order valence-electron chi connectivity index (χ2n) is 7.65. The lowest BCUT2D eigenvalue weighted by Gasteiger charge is -2.14. The molecule has 0 spiro atoms. The molecule has 1 amide bonds. The van der Waals surface area contributed by atoms with E-state index in [9.17, 15) is 4.79 Å². The molecule has 3 aromatic rings. The molecule has 2 aromatic carbocycles. The molecule has 2 heterocycles. The van der Waals surface area contributed by atoms with Crippen LogP contribution in [0.5, 0.6) is 0 Å². The highest BCUT2D eigenvalue weighted by molar-refractivity contribution is 14.0. The number of aromatic amines is 1. The zero-order valence-corrected chi connectivity index (χ0v) is 20.5. The van der Waals surface area contributed by atoms with Crippen LogP contribution in [0, 0.1) is 0 Å². The van der Waals surface area contributed by atoms with Gasteiger partial charge in [-0.3, -0.25) is 9.79 Å². The van der Waals surface area contributed by atoms with Crippen molar-refractivity contribution in [2.75, 3.05) is 25.5 Å². The SMILES string of the molecule is CN=C(NCCc1c[nH]c2ccccc12)NCc1cccc(NC(=O)C2CCCO2)c1.I. The van der Waals surface area contributed by atoms with Crippen LogP contribution >= 0.6 is 24.0 Å². The molecule has 1 aliphatic rings. The maximum atomic E-state index is 12.3. The Labute approximate surface area is 205 Å². The number of anilines is 1. The fourth-order valence-corrected chi connectivity index (χ4v) is 3.83. The van der Waals surface area contributed by atoms with Gasteiger partial charge in [-0.15, -0.1) is 24.0 Å². The molecule has 32 heavy (non-hydrogen) atoms. The Bertz CT molecular complexity index is 1060. The number of aliphatic imine (C=N–C) groups is 1. The second kappa shape index (κ2) is 11.9. The summed E-state index contributed by atoms with van der Waals surface area (Å²) in [6.45, 7) is 2.05. The van der Waals surface area contributed by atoms with Crippen LogP contribution in [0.2, 0.25) is 0 Å². The monoisotopic (exact) mass is 547 g/mol. The summed E-state index contributed by atoms with van der Waals surface area (Å²) in [4.78, 5) is 19.9. The van der Waals surface area contributed by atoms with E-state index < -0.39 is 0 Å². The van der Waals surface area contributed by atoms with Crippen LogP contribution in [0.15, 0.2) is 59.7 Å². The molecule has 4 N–H and O–H groups in total. The molecule has 0 bridgehead atoms. The van der Waals surface area contributed by atoms with Gasteiger partial charge in [0.05, 0.1) is 0 Å². The molecule has 4 rings (SSSR count). The molecule has 8 heteroatoms. The van der Waals surface area contributed by atoms with Gasteiger partial charge in [0, 0.05) is 49.5 Å². The Morgan fingerprint density at radius 1 is 1.19 bits per heavy atom. The number of H-pyrrole nitrogens is 1. The molecule has 0 radical (unpaired) electrons. The fraction of sp³-hybridized carbons (Fsp3) is 0.333. The van der Waals surface area contributed by atoms with Crippen molar-refractivity contribution in [2.24, 2.45) is 4.99 Å². The molecule has 0 aliphatic carbocycles. The number of amides is 1. The van der Waals surface area contributed by atoms with Crippen LogP contribution in [-0.4, -0.2) is 43.2 Å². The first-order valence-electron chi connectivity index (χ1n) is 10.7. The van der Waals surface area contributed by atoms with E-state index in [4.69, 9.17) is 4.74 Å². The van der Waals surface area contributed by atoms with E-state index in [-0.39, 0.29) is 36.0 Å². The summed E-state index contributed by atoms with van der Waals surface area (Å²) >= 11 is 0. The number of rotatable bonds is 7. The van der Waals surface area contributed by atoms with Gasteiger partial charge in [-0.25, -0.2) is 0 Å². The summed E-state index contributed by atoms with van der Waals surface area (Å²) in [7, 11) is 1.76. The van der Waals surface area contributed by atoms with Crippen LogP contribution in [0.3, 0.4) is 0 Å². The number of nitrogens with one attached hydrogen (secondary N) is 4. The number of para-hydroxylation sites is 1. The van der Waals surface area contributed by atoms with E-state index in [0.29, 0.717) is 13.2 Å². The number of hydrogen-bond acceptors (Lipinski definition) is 3. The molecule has 1 fully saturated rings. The summed E-state index contributed by atoms with van der Waals surface area (Å²) < 4.78 is 5.45. The molecule has 1 aromatic heterocycles. The highest BCUT2D eigenvalue weighted by atomic mass is 127. The predicted octanol–water partition coefficient (Wildman–Crippen LogP) is 3.81. The molecule has 170 valence electrons. The third-order valence-corrected chi connectivity index (χ3v) is 5.46. The third kappa shape index (κ3) is 6.23. The van der Waals surface area contributed by atoms with E-state index >= 15 is 0 Å². The number of carbonyl (C=O) groups is 1. The lowest BCUT2D eigenvalue weighted by Crippen LogP contribution is -2.37. The minimum Gasteiger partial charge on any atom is -0.368 e.